The van der Waals surface area contributed by atoms with E-state index in [4.69, 9.17) is 4.74 Å². The van der Waals surface area contributed by atoms with Gasteiger partial charge in [0.05, 0.1) is 6.10 Å². The Hall–Kier alpha value is -0.840. The molecule has 0 unspecified atom stereocenters. The van der Waals surface area contributed by atoms with Crippen molar-refractivity contribution in [3.8, 4) is 5.88 Å². The molecule has 1 heterocycles. The van der Waals surface area contributed by atoms with E-state index < -0.39 is 0 Å². The zero-order chi connectivity index (χ0) is 12.8. The van der Waals surface area contributed by atoms with Crippen LogP contribution in [0.25, 0.3) is 0 Å². The van der Waals surface area contributed by atoms with Crippen molar-refractivity contribution >= 4 is 21.9 Å². The highest BCUT2D eigenvalue weighted by Gasteiger charge is 2.10. The summed E-state index contributed by atoms with van der Waals surface area (Å²) in [5.41, 5.74) is 0.929. The molecular formula is C12H20BrN3O. The Balaban J connectivity index is 2.94. The number of hydrogen-bond donors (Lipinski definition) is 0. The van der Waals surface area contributed by atoms with Gasteiger partial charge in [-0.2, -0.15) is 4.98 Å². The number of anilines is 1. The summed E-state index contributed by atoms with van der Waals surface area (Å²) in [6, 6.07) is 1.87. The second-order valence-corrected chi connectivity index (χ2v) is 4.88. The summed E-state index contributed by atoms with van der Waals surface area (Å²) in [6.45, 7) is 9.81. The quantitative estimate of drug-likeness (QED) is 0.757. The summed E-state index contributed by atoms with van der Waals surface area (Å²) in [4.78, 5) is 11.0. The zero-order valence-corrected chi connectivity index (χ0v) is 12.5. The molecule has 1 aromatic rings. The van der Waals surface area contributed by atoms with Gasteiger partial charge in [0.2, 0.25) is 11.8 Å². The van der Waals surface area contributed by atoms with Gasteiger partial charge in [-0.25, -0.2) is 4.98 Å². The van der Waals surface area contributed by atoms with Gasteiger partial charge in [-0.1, -0.05) is 15.9 Å². The normalized spacial score (nSPS) is 10.7. The van der Waals surface area contributed by atoms with Crippen LogP contribution in [0.3, 0.4) is 0 Å². The summed E-state index contributed by atoms with van der Waals surface area (Å²) in [6.07, 6.45) is 0.128. The molecule has 0 radical (unpaired) electrons. The predicted octanol–water partition coefficient (Wildman–Crippen LogP) is 2.79. The molecule has 1 aromatic heterocycles. The lowest BCUT2D eigenvalue weighted by molar-refractivity contribution is 0.232. The molecule has 0 aromatic carbocycles. The van der Waals surface area contributed by atoms with Crippen LogP contribution in [0.4, 0.5) is 5.95 Å². The predicted molar refractivity (Wildman–Crippen MR) is 74.2 cm³/mol. The standard InChI is InChI=1S/C12H20BrN3O/c1-5-16(7-6-13)12-14-10(4)8-11(15-12)17-9(2)3/h8-9H,5-7H2,1-4H3. The van der Waals surface area contributed by atoms with Crippen LogP contribution in [0.15, 0.2) is 6.07 Å². The van der Waals surface area contributed by atoms with Crippen LogP contribution in [-0.4, -0.2) is 34.5 Å². The van der Waals surface area contributed by atoms with Crippen molar-refractivity contribution in [1.29, 1.82) is 0 Å². The SMILES string of the molecule is CCN(CCBr)c1nc(C)cc(OC(C)C)n1. The summed E-state index contributed by atoms with van der Waals surface area (Å²) >= 11 is 3.44. The van der Waals surface area contributed by atoms with E-state index in [2.05, 4.69) is 37.7 Å². The van der Waals surface area contributed by atoms with Crippen molar-refractivity contribution in [1.82, 2.24) is 9.97 Å². The van der Waals surface area contributed by atoms with Gasteiger partial charge in [0.1, 0.15) is 0 Å². The molecule has 96 valence electrons. The number of alkyl halides is 1. The monoisotopic (exact) mass is 301 g/mol. The number of halogens is 1. The van der Waals surface area contributed by atoms with Crippen LogP contribution in [0.5, 0.6) is 5.88 Å². The average molecular weight is 302 g/mol. The first kappa shape index (κ1) is 14.2. The average Bonchev–Trinajstić information content (AvgIpc) is 2.23. The summed E-state index contributed by atoms with van der Waals surface area (Å²) in [7, 11) is 0. The highest BCUT2D eigenvalue weighted by atomic mass is 79.9. The first-order valence-corrected chi connectivity index (χ1v) is 7.02. The van der Waals surface area contributed by atoms with Crippen molar-refractivity contribution < 1.29 is 4.74 Å². The molecular weight excluding hydrogens is 282 g/mol. The van der Waals surface area contributed by atoms with Gasteiger partial charge in [-0.3, -0.25) is 0 Å². The van der Waals surface area contributed by atoms with Gasteiger partial charge in [0.25, 0.3) is 0 Å². The second-order valence-electron chi connectivity index (χ2n) is 4.08. The minimum absolute atomic E-state index is 0.128. The maximum Gasteiger partial charge on any atom is 0.228 e. The molecule has 0 aliphatic carbocycles. The lowest BCUT2D eigenvalue weighted by Gasteiger charge is -2.20. The van der Waals surface area contributed by atoms with Crippen LogP contribution in [0.1, 0.15) is 26.5 Å². The number of rotatable bonds is 6. The fraction of sp³-hybridized carbons (Fsp3) is 0.667. The second kappa shape index (κ2) is 6.79. The third-order valence-corrected chi connectivity index (χ3v) is 2.55. The van der Waals surface area contributed by atoms with E-state index in [0.29, 0.717) is 5.88 Å². The Morgan fingerprint density at radius 1 is 1.41 bits per heavy atom. The van der Waals surface area contributed by atoms with E-state index in [9.17, 15) is 0 Å². The molecule has 0 bridgehead atoms. The van der Waals surface area contributed by atoms with Crippen molar-refractivity contribution in [3.63, 3.8) is 0 Å². The molecule has 0 saturated carbocycles. The highest BCUT2D eigenvalue weighted by Crippen LogP contribution is 2.16. The molecule has 5 heteroatoms. The summed E-state index contributed by atoms with van der Waals surface area (Å²) < 4.78 is 5.62. The fourth-order valence-corrected chi connectivity index (χ4v) is 1.90. The molecule has 0 fully saturated rings. The van der Waals surface area contributed by atoms with Crippen LogP contribution < -0.4 is 9.64 Å². The topological polar surface area (TPSA) is 38.2 Å². The van der Waals surface area contributed by atoms with Gasteiger partial charge in [-0.15, -0.1) is 0 Å². The van der Waals surface area contributed by atoms with Crippen LogP contribution in [0, 0.1) is 6.92 Å². The zero-order valence-electron chi connectivity index (χ0n) is 10.9. The van der Waals surface area contributed by atoms with Crippen molar-refractivity contribution in [3.05, 3.63) is 11.8 Å². The first-order valence-electron chi connectivity index (χ1n) is 5.90. The van der Waals surface area contributed by atoms with Crippen LogP contribution in [0.2, 0.25) is 0 Å². The minimum Gasteiger partial charge on any atom is -0.475 e. The Kier molecular flexibility index (Phi) is 5.68. The molecule has 1 rings (SSSR count). The van der Waals surface area contributed by atoms with Gasteiger partial charge < -0.3 is 9.64 Å². The highest BCUT2D eigenvalue weighted by molar-refractivity contribution is 9.09. The Morgan fingerprint density at radius 3 is 2.65 bits per heavy atom. The lowest BCUT2D eigenvalue weighted by atomic mass is 10.4. The molecule has 0 saturated heterocycles. The molecule has 0 aliphatic rings. The van der Waals surface area contributed by atoms with Crippen molar-refractivity contribution in [2.24, 2.45) is 0 Å². The van der Waals surface area contributed by atoms with E-state index in [-0.39, 0.29) is 6.10 Å². The van der Waals surface area contributed by atoms with Crippen LogP contribution >= 0.6 is 15.9 Å². The van der Waals surface area contributed by atoms with Gasteiger partial charge in [-0.05, 0) is 27.7 Å². The number of hydrogen-bond acceptors (Lipinski definition) is 4. The van der Waals surface area contributed by atoms with E-state index in [1.807, 2.05) is 26.8 Å². The summed E-state index contributed by atoms with van der Waals surface area (Å²) in [5.74, 6) is 1.39. The van der Waals surface area contributed by atoms with Gasteiger partial charge in [0, 0.05) is 30.2 Å². The van der Waals surface area contributed by atoms with E-state index in [0.717, 1.165) is 30.1 Å². The van der Waals surface area contributed by atoms with Crippen molar-refractivity contribution in [2.75, 3.05) is 23.3 Å². The molecule has 0 N–H and O–H groups in total. The number of aromatic nitrogens is 2. The molecule has 0 atom stereocenters. The fourth-order valence-electron chi connectivity index (χ4n) is 1.47. The largest absolute Gasteiger partial charge is 0.475 e. The van der Waals surface area contributed by atoms with E-state index >= 15 is 0 Å². The van der Waals surface area contributed by atoms with E-state index in [1.54, 1.807) is 0 Å². The maximum absolute atomic E-state index is 5.62. The maximum atomic E-state index is 5.62. The smallest absolute Gasteiger partial charge is 0.228 e. The number of nitrogens with zero attached hydrogens (tertiary/aromatic N) is 3. The first-order chi connectivity index (χ1) is 8.06. The Bertz CT molecular complexity index is 358. The molecule has 0 amide bonds. The number of ether oxygens (including phenoxy) is 1. The Morgan fingerprint density at radius 2 is 2.12 bits per heavy atom. The summed E-state index contributed by atoms with van der Waals surface area (Å²) in [5, 5.41) is 0.901. The van der Waals surface area contributed by atoms with Crippen molar-refractivity contribution in [2.45, 2.75) is 33.8 Å². The molecule has 17 heavy (non-hydrogen) atoms. The minimum atomic E-state index is 0.128. The Labute approximate surface area is 112 Å². The number of aryl methyl sites for hydroxylation is 1. The third-order valence-electron chi connectivity index (χ3n) is 2.19. The third kappa shape index (κ3) is 4.50. The van der Waals surface area contributed by atoms with Gasteiger partial charge in [0.15, 0.2) is 0 Å². The van der Waals surface area contributed by atoms with Crippen LogP contribution in [-0.2, 0) is 0 Å². The van der Waals surface area contributed by atoms with Gasteiger partial charge >= 0.3 is 0 Å². The molecule has 4 nitrogen and oxygen atoms in total. The van der Waals surface area contributed by atoms with E-state index in [1.165, 1.54) is 0 Å². The molecule has 0 spiro atoms. The molecule has 0 aliphatic heterocycles. The lowest BCUT2D eigenvalue weighted by Crippen LogP contribution is -2.27.